The number of nitrogens with zero attached hydrogens (tertiary/aromatic N) is 2. The summed E-state index contributed by atoms with van der Waals surface area (Å²) in [5, 5.41) is 0.670. The summed E-state index contributed by atoms with van der Waals surface area (Å²) < 4.78 is 17.9. The Morgan fingerprint density at radius 2 is 1.64 bits per heavy atom. The maximum absolute atomic E-state index is 6.06. The van der Waals surface area contributed by atoms with Crippen molar-refractivity contribution in [2.75, 3.05) is 26.2 Å². The molecule has 0 radical (unpaired) electrons. The lowest BCUT2D eigenvalue weighted by molar-refractivity contribution is 0.249. The minimum absolute atomic E-state index is 0.583. The number of rotatable bonds is 10. The van der Waals surface area contributed by atoms with Gasteiger partial charge in [-0.1, -0.05) is 25.4 Å². The molecule has 4 rings (SSSR count). The predicted molar refractivity (Wildman–Crippen MR) is 134 cm³/mol. The molecule has 0 bridgehead atoms. The summed E-state index contributed by atoms with van der Waals surface area (Å²) in [5.41, 5.74) is 3.46. The molecule has 0 amide bonds. The number of aromatic nitrogens is 1. The lowest BCUT2D eigenvalue weighted by atomic mass is 10.1. The van der Waals surface area contributed by atoms with E-state index in [0.717, 1.165) is 48.4 Å². The molecular weight excluding hydrogens is 436 g/mol. The summed E-state index contributed by atoms with van der Waals surface area (Å²) in [6, 6.07) is 18.9. The Labute approximate surface area is 199 Å². The van der Waals surface area contributed by atoms with Gasteiger partial charge in [0.05, 0.1) is 6.61 Å². The molecule has 0 unspecified atom stereocenters. The van der Waals surface area contributed by atoms with Gasteiger partial charge in [0.1, 0.15) is 22.8 Å². The number of hydrogen-bond donors (Lipinski definition) is 0. The summed E-state index contributed by atoms with van der Waals surface area (Å²) in [5.74, 6) is 2.84. The molecule has 1 heterocycles. The molecule has 0 spiro atoms. The predicted octanol–water partition coefficient (Wildman–Crippen LogP) is 7.36. The fourth-order valence-electron chi connectivity index (χ4n) is 3.71. The number of ether oxygens (including phenoxy) is 2. The third kappa shape index (κ3) is 5.86. The van der Waals surface area contributed by atoms with Crippen LogP contribution in [0.25, 0.3) is 22.6 Å². The number of benzene rings is 3. The van der Waals surface area contributed by atoms with Crippen molar-refractivity contribution in [1.82, 2.24) is 9.88 Å². The number of oxazole rings is 1. The summed E-state index contributed by atoms with van der Waals surface area (Å²) in [6.45, 7) is 10.3. The van der Waals surface area contributed by atoms with Gasteiger partial charge in [-0.05, 0) is 86.6 Å². The fraction of sp³-hybridized carbons (Fsp3) is 0.296. The van der Waals surface area contributed by atoms with Crippen LogP contribution >= 0.6 is 11.6 Å². The second-order valence-electron chi connectivity index (χ2n) is 7.91. The van der Waals surface area contributed by atoms with Crippen molar-refractivity contribution in [3.8, 4) is 28.7 Å². The first-order valence-corrected chi connectivity index (χ1v) is 11.7. The Bertz CT molecular complexity index is 1200. The van der Waals surface area contributed by atoms with Crippen molar-refractivity contribution in [3.05, 3.63) is 71.2 Å². The Balaban J connectivity index is 1.44. The normalized spacial score (nSPS) is 11.3. The maximum atomic E-state index is 6.06. The number of aryl methyl sites for hydroxylation is 1. The molecule has 5 nitrogen and oxygen atoms in total. The number of hydrogen-bond acceptors (Lipinski definition) is 5. The summed E-state index contributed by atoms with van der Waals surface area (Å²) in [6.07, 6.45) is 1.01. The van der Waals surface area contributed by atoms with Crippen molar-refractivity contribution in [2.24, 2.45) is 0 Å². The zero-order chi connectivity index (χ0) is 23.2. The van der Waals surface area contributed by atoms with E-state index in [1.165, 1.54) is 0 Å². The SMILES string of the molecule is CCN(CC)CCCOc1ccc(-c2nc3ccc(Oc4ccc(Cl)cc4)cc3o2)c(C)c1. The number of fused-ring (bicyclic) bond motifs is 1. The van der Waals surface area contributed by atoms with E-state index >= 15 is 0 Å². The maximum Gasteiger partial charge on any atom is 0.227 e. The first kappa shape index (κ1) is 23.1. The average molecular weight is 465 g/mol. The minimum atomic E-state index is 0.583. The zero-order valence-corrected chi connectivity index (χ0v) is 20.1. The lowest BCUT2D eigenvalue weighted by Gasteiger charge is -2.17. The summed E-state index contributed by atoms with van der Waals surface area (Å²) in [4.78, 5) is 7.06. The second kappa shape index (κ2) is 10.7. The largest absolute Gasteiger partial charge is 0.494 e. The topological polar surface area (TPSA) is 47.7 Å². The molecule has 0 aliphatic rings. The molecule has 0 fully saturated rings. The molecule has 6 heteroatoms. The van der Waals surface area contributed by atoms with E-state index in [4.69, 9.17) is 25.5 Å². The van der Waals surface area contributed by atoms with Crippen molar-refractivity contribution in [3.63, 3.8) is 0 Å². The Morgan fingerprint density at radius 3 is 2.36 bits per heavy atom. The van der Waals surface area contributed by atoms with E-state index < -0.39 is 0 Å². The molecule has 0 aliphatic heterocycles. The van der Waals surface area contributed by atoms with Crippen LogP contribution in [0.15, 0.2) is 65.1 Å². The van der Waals surface area contributed by atoms with Gasteiger partial charge < -0.3 is 18.8 Å². The van der Waals surface area contributed by atoms with E-state index in [1.807, 2.05) is 55.5 Å². The Morgan fingerprint density at radius 1 is 0.909 bits per heavy atom. The number of halogens is 1. The van der Waals surface area contributed by atoms with Crippen molar-refractivity contribution >= 4 is 22.7 Å². The monoisotopic (exact) mass is 464 g/mol. The molecule has 0 atom stereocenters. The molecule has 172 valence electrons. The highest BCUT2D eigenvalue weighted by molar-refractivity contribution is 6.30. The van der Waals surface area contributed by atoms with Gasteiger partial charge in [0.25, 0.3) is 0 Å². The van der Waals surface area contributed by atoms with Gasteiger partial charge in [-0.2, -0.15) is 0 Å². The van der Waals surface area contributed by atoms with Gasteiger partial charge in [0.2, 0.25) is 5.89 Å². The van der Waals surface area contributed by atoms with Crippen LogP contribution in [0, 0.1) is 6.92 Å². The molecule has 0 saturated carbocycles. The van der Waals surface area contributed by atoms with Crippen LogP contribution < -0.4 is 9.47 Å². The minimum Gasteiger partial charge on any atom is -0.494 e. The summed E-state index contributed by atoms with van der Waals surface area (Å²) >= 11 is 5.94. The quantitative estimate of drug-likeness (QED) is 0.229. The van der Waals surface area contributed by atoms with E-state index in [0.29, 0.717) is 34.6 Å². The smallest absolute Gasteiger partial charge is 0.227 e. The van der Waals surface area contributed by atoms with E-state index in [1.54, 1.807) is 12.1 Å². The van der Waals surface area contributed by atoms with Crippen LogP contribution in [0.3, 0.4) is 0 Å². The van der Waals surface area contributed by atoms with Crippen LogP contribution in [-0.4, -0.2) is 36.1 Å². The van der Waals surface area contributed by atoms with Gasteiger partial charge in [0, 0.05) is 23.2 Å². The van der Waals surface area contributed by atoms with Gasteiger partial charge in [-0.15, -0.1) is 0 Å². The summed E-state index contributed by atoms with van der Waals surface area (Å²) in [7, 11) is 0. The third-order valence-corrected chi connectivity index (χ3v) is 5.87. The van der Waals surface area contributed by atoms with Crippen LogP contribution in [0.2, 0.25) is 5.02 Å². The molecule has 33 heavy (non-hydrogen) atoms. The molecule has 0 saturated heterocycles. The highest BCUT2D eigenvalue weighted by Gasteiger charge is 2.13. The van der Waals surface area contributed by atoms with E-state index in [2.05, 4.69) is 23.7 Å². The molecule has 4 aromatic rings. The van der Waals surface area contributed by atoms with Crippen LogP contribution in [0.1, 0.15) is 25.8 Å². The molecule has 1 aromatic heterocycles. The molecule has 0 aliphatic carbocycles. The highest BCUT2D eigenvalue weighted by Crippen LogP contribution is 2.32. The van der Waals surface area contributed by atoms with Crippen LogP contribution in [0.4, 0.5) is 0 Å². The molecule has 0 N–H and O–H groups in total. The van der Waals surface area contributed by atoms with Gasteiger partial charge in [0.15, 0.2) is 5.58 Å². The van der Waals surface area contributed by atoms with Gasteiger partial charge >= 0.3 is 0 Å². The lowest BCUT2D eigenvalue weighted by Crippen LogP contribution is -2.25. The Hall–Kier alpha value is -3.02. The molecular formula is C27H29ClN2O3. The average Bonchev–Trinajstić information content (AvgIpc) is 3.24. The van der Waals surface area contributed by atoms with Gasteiger partial charge in [-0.25, -0.2) is 4.98 Å². The second-order valence-corrected chi connectivity index (χ2v) is 8.35. The molecule has 3 aromatic carbocycles. The Kier molecular flexibility index (Phi) is 7.53. The highest BCUT2D eigenvalue weighted by atomic mass is 35.5. The van der Waals surface area contributed by atoms with Crippen LogP contribution in [0.5, 0.6) is 17.2 Å². The van der Waals surface area contributed by atoms with Gasteiger partial charge in [-0.3, -0.25) is 0 Å². The fourth-order valence-corrected chi connectivity index (χ4v) is 3.83. The third-order valence-electron chi connectivity index (χ3n) is 5.62. The first-order chi connectivity index (χ1) is 16.1. The van der Waals surface area contributed by atoms with Crippen LogP contribution in [-0.2, 0) is 0 Å². The standard InChI is InChI=1S/C27H29ClN2O3/c1-4-30(5-2)15-6-16-31-22-11-13-24(19(3)17-22)27-29-25-14-12-23(18-26(25)33-27)32-21-9-7-20(28)8-10-21/h7-14,17-18H,4-6,15-16H2,1-3H3. The van der Waals surface area contributed by atoms with E-state index in [-0.39, 0.29) is 0 Å². The van der Waals surface area contributed by atoms with Crippen molar-refractivity contribution in [1.29, 1.82) is 0 Å². The van der Waals surface area contributed by atoms with Crippen molar-refractivity contribution in [2.45, 2.75) is 27.2 Å². The van der Waals surface area contributed by atoms with Crippen molar-refractivity contribution < 1.29 is 13.9 Å². The first-order valence-electron chi connectivity index (χ1n) is 11.4. The van der Waals surface area contributed by atoms with E-state index in [9.17, 15) is 0 Å². The zero-order valence-electron chi connectivity index (χ0n) is 19.3.